The largest absolute Gasteiger partial charge is 0.492 e. The summed E-state index contributed by atoms with van der Waals surface area (Å²) in [6.45, 7) is 3.35. The number of pyridine rings is 1. The number of aromatic nitrogens is 4. The van der Waals surface area contributed by atoms with E-state index in [4.69, 9.17) is 14.2 Å². The Kier molecular flexibility index (Phi) is 5.22. The molecule has 6 rings (SSSR count). The Balaban J connectivity index is 1.52. The summed E-state index contributed by atoms with van der Waals surface area (Å²) in [5.41, 5.74) is 3.99. The Morgan fingerprint density at radius 2 is 2.08 bits per heavy atom. The van der Waals surface area contributed by atoms with Crippen LogP contribution in [0.1, 0.15) is 23.0 Å². The number of nitrogens with one attached hydrogen (secondary N) is 3. The summed E-state index contributed by atoms with van der Waals surface area (Å²) in [6.07, 6.45) is 3.86. The van der Waals surface area contributed by atoms with Crippen LogP contribution in [-0.4, -0.2) is 58.3 Å². The van der Waals surface area contributed by atoms with Gasteiger partial charge in [-0.1, -0.05) is 6.07 Å². The molecule has 0 radical (unpaired) electrons. The van der Waals surface area contributed by atoms with Gasteiger partial charge < -0.3 is 29.8 Å². The van der Waals surface area contributed by atoms with E-state index < -0.39 is 11.4 Å². The number of benzene rings is 1. The van der Waals surface area contributed by atoms with Gasteiger partial charge in [0.15, 0.2) is 17.2 Å². The minimum Gasteiger partial charge on any atom is -0.492 e. The third-order valence-electron chi connectivity index (χ3n) is 6.28. The van der Waals surface area contributed by atoms with Crippen LogP contribution in [0.5, 0.6) is 11.8 Å². The number of halogens is 1. The van der Waals surface area contributed by atoms with Crippen molar-refractivity contribution in [1.29, 1.82) is 0 Å². The highest BCUT2D eigenvalue weighted by molar-refractivity contribution is 6.08. The smallest absolute Gasteiger partial charge is 0.317 e. The van der Waals surface area contributed by atoms with Crippen molar-refractivity contribution < 1.29 is 23.4 Å². The van der Waals surface area contributed by atoms with Gasteiger partial charge in [0.1, 0.15) is 11.0 Å². The van der Waals surface area contributed by atoms with Crippen molar-refractivity contribution in [2.45, 2.75) is 18.9 Å². The summed E-state index contributed by atoms with van der Waals surface area (Å²) >= 11 is 0. The average Bonchev–Trinajstić information content (AvgIpc) is 3.22. The van der Waals surface area contributed by atoms with Gasteiger partial charge in [-0.3, -0.25) is 9.78 Å². The molecular weight excluding hydrogens is 467 g/mol. The third-order valence-corrected chi connectivity index (χ3v) is 6.28. The zero-order valence-corrected chi connectivity index (χ0v) is 19.6. The summed E-state index contributed by atoms with van der Waals surface area (Å²) in [7, 11) is 1.40. The molecule has 2 aliphatic rings. The van der Waals surface area contributed by atoms with Gasteiger partial charge >= 0.3 is 6.01 Å². The molecule has 3 aromatic heterocycles. The molecule has 11 heteroatoms. The summed E-state index contributed by atoms with van der Waals surface area (Å²) in [4.78, 5) is 29.7. The molecule has 1 saturated heterocycles. The van der Waals surface area contributed by atoms with Crippen molar-refractivity contribution in [2.24, 2.45) is 0 Å². The number of methoxy groups -OCH3 is 1. The lowest BCUT2D eigenvalue weighted by Gasteiger charge is -2.36. The first kappa shape index (κ1) is 22.2. The lowest BCUT2D eigenvalue weighted by molar-refractivity contribution is -0.153. The van der Waals surface area contributed by atoms with Gasteiger partial charge in [-0.05, 0) is 25.1 Å². The van der Waals surface area contributed by atoms with Gasteiger partial charge in [0.2, 0.25) is 0 Å². The van der Waals surface area contributed by atoms with Crippen molar-refractivity contribution in [3.63, 3.8) is 0 Å². The topological polar surface area (TPSA) is 123 Å². The molecule has 10 nitrogen and oxygen atoms in total. The first-order valence-corrected chi connectivity index (χ1v) is 11.5. The highest BCUT2D eigenvalue weighted by Gasteiger charge is 2.37. The highest BCUT2D eigenvalue weighted by Crippen LogP contribution is 2.41. The second-order valence-corrected chi connectivity index (χ2v) is 8.97. The lowest BCUT2D eigenvalue weighted by Crippen LogP contribution is -2.51. The van der Waals surface area contributed by atoms with E-state index in [-0.39, 0.29) is 17.7 Å². The molecule has 1 aromatic carbocycles. The van der Waals surface area contributed by atoms with Crippen LogP contribution in [-0.2, 0) is 11.2 Å². The molecule has 36 heavy (non-hydrogen) atoms. The van der Waals surface area contributed by atoms with E-state index >= 15 is 0 Å². The van der Waals surface area contributed by atoms with E-state index in [9.17, 15) is 9.18 Å². The molecule has 4 aromatic rings. The van der Waals surface area contributed by atoms with Gasteiger partial charge in [0, 0.05) is 30.4 Å². The van der Waals surface area contributed by atoms with Gasteiger partial charge in [-0.25, -0.2) is 9.37 Å². The molecule has 0 aliphatic carbocycles. The maximum absolute atomic E-state index is 14.4. The Bertz CT molecular complexity index is 1500. The number of para-hydroxylation sites is 1. The fraction of sp³-hybridized carbons (Fsp3) is 0.280. The van der Waals surface area contributed by atoms with Crippen molar-refractivity contribution in [1.82, 2.24) is 25.3 Å². The predicted molar refractivity (Wildman–Crippen MR) is 129 cm³/mol. The van der Waals surface area contributed by atoms with E-state index in [1.165, 1.54) is 13.2 Å². The number of H-pyrrole nitrogens is 1. The normalized spacial score (nSPS) is 16.1. The molecule has 0 atom stereocenters. The second kappa shape index (κ2) is 8.45. The van der Waals surface area contributed by atoms with Crippen molar-refractivity contribution in [3.8, 4) is 23.0 Å². The first-order valence-electron chi connectivity index (χ1n) is 11.5. The Hall–Kier alpha value is -4.25. The van der Waals surface area contributed by atoms with E-state index in [1.54, 1.807) is 30.6 Å². The zero-order valence-electron chi connectivity index (χ0n) is 19.6. The maximum Gasteiger partial charge on any atom is 0.317 e. The van der Waals surface area contributed by atoms with Crippen LogP contribution in [0.2, 0.25) is 0 Å². The monoisotopic (exact) mass is 490 g/mol. The Morgan fingerprint density at radius 1 is 1.22 bits per heavy atom. The van der Waals surface area contributed by atoms with Crippen LogP contribution in [0.3, 0.4) is 0 Å². The van der Waals surface area contributed by atoms with E-state index in [1.807, 2.05) is 6.92 Å². The molecule has 1 amide bonds. The number of fused-ring (bicyclic) bond motifs is 2. The summed E-state index contributed by atoms with van der Waals surface area (Å²) < 4.78 is 31.0. The van der Waals surface area contributed by atoms with Crippen molar-refractivity contribution in [2.75, 3.05) is 32.2 Å². The quantitative estimate of drug-likeness (QED) is 0.376. The van der Waals surface area contributed by atoms with Gasteiger partial charge in [0.25, 0.3) is 5.91 Å². The number of rotatable bonds is 6. The Labute approximate surface area is 205 Å². The Morgan fingerprint density at radius 3 is 2.86 bits per heavy atom. The van der Waals surface area contributed by atoms with Gasteiger partial charge in [-0.15, -0.1) is 0 Å². The fourth-order valence-electron chi connectivity index (χ4n) is 4.50. The van der Waals surface area contributed by atoms with Crippen LogP contribution in [0.4, 0.5) is 15.8 Å². The maximum atomic E-state index is 14.4. The van der Waals surface area contributed by atoms with Crippen LogP contribution in [0.15, 0.2) is 36.7 Å². The number of amides is 1. The summed E-state index contributed by atoms with van der Waals surface area (Å²) in [5, 5.41) is 6.12. The van der Waals surface area contributed by atoms with E-state index in [2.05, 4.69) is 30.6 Å². The number of nitrogens with zero attached hydrogens (tertiary/aromatic N) is 3. The number of anilines is 2. The number of hydrogen-bond donors (Lipinski definition) is 3. The standard InChI is InChI=1S/C25H23FN6O4/c1-25(11-35-12-25)36-24-29-10-17-19(32-24)13(6-8-27-17)20-21(18-15(30-20)7-9-28-23(18)33)31-16-5-3-4-14(26)22(16)34-2/h3-6,8,10,30-31H,7,9,11-12H2,1-2H3,(H,28,33). The summed E-state index contributed by atoms with van der Waals surface area (Å²) in [6, 6.07) is 6.58. The molecular formula is C25H23FN6O4. The first-order chi connectivity index (χ1) is 17.5. The van der Waals surface area contributed by atoms with Gasteiger partial charge in [-0.2, -0.15) is 4.98 Å². The van der Waals surface area contributed by atoms with Crippen LogP contribution in [0, 0.1) is 5.82 Å². The molecule has 2 aliphatic heterocycles. The molecule has 0 bridgehead atoms. The lowest BCUT2D eigenvalue weighted by atomic mass is 10.0. The molecule has 184 valence electrons. The van der Waals surface area contributed by atoms with Crippen molar-refractivity contribution in [3.05, 3.63) is 53.7 Å². The van der Waals surface area contributed by atoms with Crippen LogP contribution >= 0.6 is 0 Å². The predicted octanol–water partition coefficient (Wildman–Crippen LogP) is 3.36. The van der Waals surface area contributed by atoms with Crippen LogP contribution < -0.4 is 20.1 Å². The fourth-order valence-corrected chi connectivity index (χ4v) is 4.50. The minimum absolute atomic E-state index is 0.0446. The number of carbonyl (C=O) groups is 1. The number of hydrogen-bond acceptors (Lipinski definition) is 8. The minimum atomic E-state index is -0.518. The molecule has 0 unspecified atom stereocenters. The van der Waals surface area contributed by atoms with Crippen molar-refractivity contribution >= 4 is 28.3 Å². The average molecular weight is 490 g/mol. The molecule has 3 N–H and O–H groups in total. The number of aromatic amines is 1. The highest BCUT2D eigenvalue weighted by atomic mass is 19.1. The zero-order chi connectivity index (χ0) is 24.9. The molecule has 5 heterocycles. The molecule has 0 spiro atoms. The van der Waals surface area contributed by atoms with Crippen LogP contribution in [0.25, 0.3) is 22.3 Å². The third kappa shape index (κ3) is 3.68. The van der Waals surface area contributed by atoms with E-state index in [0.717, 1.165) is 5.69 Å². The summed E-state index contributed by atoms with van der Waals surface area (Å²) in [5.74, 6) is -0.704. The van der Waals surface area contributed by atoms with Gasteiger partial charge in [0.05, 0.1) is 49.2 Å². The van der Waals surface area contributed by atoms with E-state index in [0.29, 0.717) is 65.4 Å². The second-order valence-electron chi connectivity index (χ2n) is 8.97. The number of ether oxygens (including phenoxy) is 3. The SMILES string of the molecule is COc1c(F)cccc1Nc1c(-c2ccnc3cnc(OC4(C)COC4)nc23)[nH]c2c1C(=O)NCC2. The molecule has 0 saturated carbocycles. The molecule has 1 fully saturated rings. The number of carbonyl (C=O) groups excluding carboxylic acids is 1.